The molecule has 0 bridgehead atoms. The Morgan fingerprint density at radius 2 is 2.13 bits per heavy atom. The molecule has 0 atom stereocenters. The van der Waals surface area contributed by atoms with Crippen molar-refractivity contribution >= 4 is 33.3 Å². The Hall–Kier alpha value is -0.390. The molecule has 0 N–H and O–H groups in total. The van der Waals surface area contributed by atoms with E-state index in [1.807, 2.05) is 4.90 Å². The largest absolute Gasteiger partial charge is 0.378 e. The molecule has 1 aromatic rings. The van der Waals surface area contributed by atoms with Crippen LogP contribution in [-0.2, 0) is 4.74 Å². The number of hydrogen-bond acceptors (Lipinski definition) is 3. The molecule has 15 heavy (non-hydrogen) atoms. The first-order valence-electron chi connectivity index (χ1n) is 4.52. The van der Waals surface area contributed by atoms with Crippen LogP contribution in [0.2, 0.25) is 5.02 Å². The fraction of sp³-hybridized carbons (Fsp3) is 0.444. The van der Waals surface area contributed by atoms with Crippen LogP contribution < -0.4 is 4.90 Å². The monoisotopic (exact) mass is 294 g/mol. The molecule has 0 amide bonds. The molecule has 2 rings (SSSR count). The fourth-order valence-electron chi connectivity index (χ4n) is 1.43. The van der Waals surface area contributed by atoms with Gasteiger partial charge in [-0.2, -0.15) is 0 Å². The van der Waals surface area contributed by atoms with E-state index in [0.717, 1.165) is 19.3 Å². The summed E-state index contributed by atoms with van der Waals surface area (Å²) >= 11 is 9.03. The highest BCUT2D eigenvalue weighted by molar-refractivity contribution is 9.10. The first-order chi connectivity index (χ1) is 7.20. The lowest BCUT2D eigenvalue weighted by atomic mass is 10.3. The highest BCUT2D eigenvalue weighted by Gasteiger charge is 2.18. The summed E-state index contributed by atoms with van der Waals surface area (Å²) in [5.74, 6) is 0.158. The molecule has 6 heteroatoms. The lowest BCUT2D eigenvalue weighted by Gasteiger charge is -2.28. The molecule has 2 heterocycles. The van der Waals surface area contributed by atoms with E-state index in [4.69, 9.17) is 16.3 Å². The summed E-state index contributed by atoms with van der Waals surface area (Å²) in [6.45, 7) is 2.80. The Kier molecular flexibility index (Phi) is 3.43. The second-order valence-corrected chi connectivity index (χ2v) is 4.33. The Bertz CT molecular complexity index is 371. The summed E-state index contributed by atoms with van der Waals surface area (Å²) in [5.41, 5.74) is 0. The maximum absolute atomic E-state index is 13.1. The molecule has 0 unspecified atom stereocenters. The summed E-state index contributed by atoms with van der Waals surface area (Å²) in [6.07, 6.45) is 1.14. The number of pyridine rings is 1. The molecule has 3 nitrogen and oxygen atoms in total. The normalized spacial score (nSPS) is 16.9. The lowest BCUT2D eigenvalue weighted by molar-refractivity contribution is 0.122. The summed E-state index contributed by atoms with van der Waals surface area (Å²) < 4.78 is 18.8. The zero-order valence-corrected chi connectivity index (χ0v) is 10.2. The van der Waals surface area contributed by atoms with E-state index >= 15 is 0 Å². The maximum atomic E-state index is 13.1. The van der Waals surface area contributed by atoms with Crippen molar-refractivity contribution in [1.29, 1.82) is 0 Å². The van der Waals surface area contributed by atoms with E-state index in [9.17, 15) is 4.39 Å². The van der Waals surface area contributed by atoms with Gasteiger partial charge in [-0.15, -0.1) is 0 Å². The topological polar surface area (TPSA) is 25.4 Å². The Balaban J connectivity index is 2.31. The Morgan fingerprint density at radius 1 is 1.47 bits per heavy atom. The van der Waals surface area contributed by atoms with E-state index in [-0.39, 0.29) is 5.02 Å². The van der Waals surface area contributed by atoms with E-state index in [1.54, 1.807) is 0 Å². The number of hydrogen-bond donors (Lipinski definition) is 0. The van der Waals surface area contributed by atoms with Gasteiger partial charge in [-0.3, -0.25) is 0 Å². The minimum Gasteiger partial charge on any atom is -0.378 e. The van der Waals surface area contributed by atoms with E-state index in [0.29, 0.717) is 23.5 Å². The molecule has 1 saturated heterocycles. The fourth-order valence-corrected chi connectivity index (χ4v) is 2.11. The van der Waals surface area contributed by atoms with E-state index < -0.39 is 5.82 Å². The van der Waals surface area contributed by atoms with Crippen LogP contribution in [0.3, 0.4) is 0 Å². The quantitative estimate of drug-likeness (QED) is 0.796. The van der Waals surface area contributed by atoms with Crippen LogP contribution in [0.5, 0.6) is 0 Å². The van der Waals surface area contributed by atoms with Crippen LogP contribution in [0.1, 0.15) is 0 Å². The number of morpholine rings is 1. The minimum absolute atomic E-state index is 0.0755. The van der Waals surface area contributed by atoms with Crippen LogP contribution in [0.15, 0.2) is 10.7 Å². The van der Waals surface area contributed by atoms with E-state index in [1.165, 1.54) is 0 Å². The minimum atomic E-state index is -0.513. The molecule has 1 aliphatic rings. The van der Waals surface area contributed by atoms with Crippen molar-refractivity contribution in [2.75, 3.05) is 31.2 Å². The van der Waals surface area contributed by atoms with Gasteiger partial charge in [0.1, 0.15) is 5.82 Å². The summed E-state index contributed by atoms with van der Waals surface area (Å²) in [5, 5.41) is 0.0755. The number of nitrogens with zero attached hydrogens (tertiary/aromatic N) is 2. The molecule has 82 valence electrons. The molecule has 0 saturated carbocycles. The molecule has 0 aliphatic carbocycles. The molecular formula is C9H9BrClFN2O. The average Bonchev–Trinajstić information content (AvgIpc) is 2.27. The third-order valence-corrected chi connectivity index (χ3v) is 3.56. The van der Waals surface area contributed by atoms with Gasteiger partial charge in [-0.1, -0.05) is 11.6 Å². The summed E-state index contributed by atoms with van der Waals surface area (Å²) in [6, 6.07) is 0. The van der Waals surface area contributed by atoms with Crippen molar-refractivity contribution in [2.45, 2.75) is 0 Å². The molecule has 1 fully saturated rings. The number of ether oxygens (including phenoxy) is 1. The van der Waals surface area contributed by atoms with Gasteiger partial charge in [-0.05, 0) is 15.9 Å². The Morgan fingerprint density at radius 3 is 2.80 bits per heavy atom. The third-order valence-electron chi connectivity index (χ3n) is 2.21. The summed E-state index contributed by atoms with van der Waals surface area (Å²) in [7, 11) is 0. The highest BCUT2D eigenvalue weighted by Crippen LogP contribution is 2.32. The van der Waals surface area contributed by atoms with Gasteiger partial charge in [0.05, 0.1) is 28.9 Å². The predicted molar refractivity (Wildman–Crippen MR) is 59.9 cm³/mol. The second kappa shape index (κ2) is 4.63. The number of anilines is 1. The average molecular weight is 296 g/mol. The van der Waals surface area contributed by atoms with Gasteiger partial charge in [0, 0.05) is 13.1 Å². The lowest BCUT2D eigenvalue weighted by Crippen LogP contribution is -2.37. The molecular weight excluding hydrogens is 286 g/mol. The predicted octanol–water partition coefficient (Wildman–Crippen LogP) is 2.47. The number of rotatable bonds is 1. The van der Waals surface area contributed by atoms with Crippen LogP contribution >= 0.6 is 27.5 Å². The smallest absolute Gasteiger partial charge is 0.161 e. The van der Waals surface area contributed by atoms with Gasteiger partial charge in [0.15, 0.2) is 5.82 Å². The Labute approximate surface area is 100 Å². The van der Waals surface area contributed by atoms with Crippen LogP contribution in [0.4, 0.5) is 10.2 Å². The standard InChI is InChI=1S/C9H9BrClFN2O/c10-7-8(11)6(12)5-13-9(7)14-1-3-15-4-2-14/h5H,1-4H2. The molecule has 1 aromatic heterocycles. The highest BCUT2D eigenvalue weighted by atomic mass is 79.9. The van der Waals surface area contributed by atoms with E-state index in [2.05, 4.69) is 20.9 Å². The molecule has 0 radical (unpaired) electrons. The molecule has 1 aliphatic heterocycles. The van der Waals surface area contributed by atoms with Crippen LogP contribution in [-0.4, -0.2) is 31.3 Å². The van der Waals surface area contributed by atoms with Crippen LogP contribution in [0, 0.1) is 5.82 Å². The maximum Gasteiger partial charge on any atom is 0.161 e. The zero-order chi connectivity index (χ0) is 10.8. The van der Waals surface area contributed by atoms with Crippen molar-refractivity contribution < 1.29 is 9.13 Å². The first kappa shape index (κ1) is 11.1. The van der Waals surface area contributed by atoms with Gasteiger partial charge in [-0.25, -0.2) is 9.37 Å². The zero-order valence-electron chi connectivity index (χ0n) is 7.84. The van der Waals surface area contributed by atoms with Crippen molar-refractivity contribution in [3.8, 4) is 0 Å². The van der Waals surface area contributed by atoms with Crippen molar-refractivity contribution in [3.05, 3.63) is 21.5 Å². The molecule has 0 aromatic carbocycles. The number of halogens is 3. The van der Waals surface area contributed by atoms with Gasteiger partial charge >= 0.3 is 0 Å². The molecule has 0 spiro atoms. The van der Waals surface area contributed by atoms with Crippen molar-refractivity contribution in [3.63, 3.8) is 0 Å². The second-order valence-electron chi connectivity index (χ2n) is 3.16. The first-order valence-corrected chi connectivity index (χ1v) is 5.69. The summed E-state index contributed by atoms with van der Waals surface area (Å²) in [4.78, 5) is 6.04. The third kappa shape index (κ3) is 2.24. The van der Waals surface area contributed by atoms with Gasteiger partial charge in [0.2, 0.25) is 0 Å². The van der Waals surface area contributed by atoms with Gasteiger partial charge in [0.25, 0.3) is 0 Å². The SMILES string of the molecule is Fc1cnc(N2CCOCC2)c(Br)c1Cl. The van der Waals surface area contributed by atoms with Crippen LogP contribution in [0.25, 0.3) is 0 Å². The van der Waals surface area contributed by atoms with Crippen molar-refractivity contribution in [2.24, 2.45) is 0 Å². The van der Waals surface area contributed by atoms with Gasteiger partial charge < -0.3 is 9.64 Å². The van der Waals surface area contributed by atoms with Crippen molar-refractivity contribution in [1.82, 2.24) is 4.98 Å². The number of aromatic nitrogens is 1.